The Morgan fingerprint density at radius 1 is 1.30 bits per heavy atom. The molecule has 1 amide bonds. The topological polar surface area (TPSA) is 92.7 Å². The molecule has 0 aromatic heterocycles. The predicted octanol–water partition coefficient (Wildman–Crippen LogP) is 1.38. The highest BCUT2D eigenvalue weighted by Crippen LogP contribution is 2.29. The van der Waals surface area contributed by atoms with Crippen LogP contribution in [-0.2, 0) is 31.7 Å². The van der Waals surface area contributed by atoms with Crippen LogP contribution in [0, 0.1) is 0 Å². The van der Waals surface area contributed by atoms with Crippen molar-refractivity contribution in [1.82, 2.24) is 5.32 Å². The highest BCUT2D eigenvalue weighted by Gasteiger charge is 2.31. The zero-order valence-corrected chi connectivity index (χ0v) is 12.0. The number of rotatable bonds is 6. The van der Waals surface area contributed by atoms with Gasteiger partial charge in [0.2, 0.25) is 0 Å². The molecule has 0 aliphatic rings. The Morgan fingerprint density at radius 2 is 1.96 bits per heavy atom. The molecule has 1 rings (SSSR count). The standard InChI is InChI=1S/C14H14F3NO5/c1-8(19)23-7-12(20)18-11(13(21)22)6-9-3-2-4-10(5-9)14(15,16)17/h2-5,11H,6-7H2,1H3,(H,18,20)(H,21,22)/t11-/m0/s1. The van der Waals surface area contributed by atoms with Crippen LogP contribution in [0.4, 0.5) is 13.2 Å². The number of carboxylic acid groups (broad SMARTS) is 1. The number of carboxylic acids is 1. The van der Waals surface area contributed by atoms with Crippen LogP contribution in [0.15, 0.2) is 24.3 Å². The molecule has 1 atom stereocenters. The average molecular weight is 333 g/mol. The van der Waals surface area contributed by atoms with Gasteiger partial charge < -0.3 is 15.2 Å². The van der Waals surface area contributed by atoms with Crippen molar-refractivity contribution in [3.8, 4) is 0 Å². The van der Waals surface area contributed by atoms with Crippen LogP contribution in [0.5, 0.6) is 0 Å². The van der Waals surface area contributed by atoms with E-state index in [0.717, 1.165) is 25.1 Å². The van der Waals surface area contributed by atoms with Crippen molar-refractivity contribution in [2.24, 2.45) is 0 Å². The van der Waals surface area contributed by atoms with E-state index >= 15 is 0 Å². The molecule has 0 aliphatic carbocycles. The number of esters is 1. The minimum absolute atomic E-state index is 0.0972. The summed E-state index contributed by atoms with van der Waals surface area (Å²) in [5.41, 5.74) is -0.814. The maximum Gasteiger partial charge on any atom is 0.416 e. The van der Waals surface area contributed by atoms with Crippen molar-refractivity contribution in [1.29, 1.82) is 0 Å². The first-order valence-corrected chi connectivity index (χ1v) is 6.41. The summed E-state index contributed by atoms with van der Waals surface area (Å²) < 4.78 is 42.3. The minimum atomic E-state index is -4.55. The van der Waals surface area contributed by atoms with Crippen LogP contribution in [0.25, 0.3) is 0 Å². The fraction of sp³-hybridized carbons (Fsp3) is 0.357. The second-order valence-corrected chi connectivity index (χ2v) is 4.64. The van der Waals surface area contributed by atoms with Gasteiger partial charge in [-0.3, -0.25) is 9.59 Å². The van der Waals surface area contributed by atoms with E-state index in [1.165, 1.54) is 6.07 Å². The summed E-state index contributed by atoms with van der Waals surface area (Å²) in [6.45, 7) is 0.409. The summed E-state index contributed by atoms with van der Waals surface area (Å²) in [4.78, 5) is 33.1. The molecule has 0 fully saturated rings. The number of carbonyl (C=O) groups excluding carboxylic acids is 2. The normalized spacial score (nSPS) is 12.3. The van der Waals surface area contributed by atoms with Crippen molar-refractivity contribution >= 4 is 17.8 Å². The number of hydrogen-bond donors (Lipinski definition) is 2. The van der Waals surface area contributed by atoms with E-state index in [4.69, 9.17) is 5.11 Å². The van der Waals surface area contributed by atoms with Gasteiger partial charge in [0, 0.05) is 13.3 Å². The number of carbonyl (C=O) groups is 3. The minimum Gasteiger partial charge on any atom is -0.480 e. The third-order valence-corrected chi connectivity index (χ3v) is 2.73. The average Bonchev–Trinajstić information content (AvgIpc) is 2.43. The third kappa shape index (κ3) is 6.37. The van der Waals surface area contributed by atoms with Gasteiger partial charge in [0.25, 0.3) is 5.91 Å². The molecule has 0 saturated heterocycles. The second kappa shape index (κ2) is 7.61. The van der Waals surface area contributed by atoms with Crippen molar-refractivity contribution < 1.29 is 37.4 Å². The second-order valence-electron chi connectivity index (χ2n) is 4.64. The zero-order valence-electron chi connectivity index (χ0n) is 12.0. The van der Waals surface area contributed by atoms with Crippen LogP contribution in [-0.4, -0.2) is 35.6 Å². The molecule has 1 aromatic carbocycles. The molecule has 0 unspecified atom stereocenters. The molecule has 23 heavy (non-hydrogen) atoms. The molecule has 2 N–H and O–H groups in total. The van der Waals surface area contributed by atoms with Crippen LogP contribution in [0.3, 0.4) is 0 Å². The van der Waals surface area contributed by atoms with E-state index in [1.54, 1.807) is 0 Å². The quantitative estimate of drug-likeness (QED) is 0.767. The summed E-state index contributed by atoms with van der Waals surface area (Å²) in [6.07, 6.45) is -4.89. The Bertz CT molecular complexity index is 600. The molecule has 0 radical (unpaired) electrons. The van der Waals surface area contributed by atoms with E-state index < -0.39 is 42.2 Å². The Morgan fingerprint density at radius 3 is 2.48 bits per heavy atom. The molecule has 6 nitrogen and oxygen atoms in total. The molecule has 0 aliphatic heterocycles. The van der Waals surface area contributed by atoms with Gasteiger partial charge in [-0.05, 0) is 11.6 Å². The number of halogens is 3. The molecule has 9 heteroatoms. The summed E-state index contributed by atoms with van der Waals surface area (Å²) in [6, 6.07) is 2.70. The van der Waals surface area contributed by atoms with Crippen LogP contribution >= 0.6 is 0 Å². The van der Waals surface area contributed by atoms with Gasteiger partial charge >= 0.3 is 18.1 Å². The molecule has 0 heterocycles. The summed E-state index contributed by atoms with van der Waals surface area (Å²) in [7, 11) is 0. The molecule has 126 valence electrons. The summed E-state index contributed by atoms with van der Waals surface area (Å²) in [5, 5.41) is 11.1. The Balaban J connectivity index is 2.79. The lowest BCUT2D eigenvalue weighted by atomic mass is 10.0. The van der Waals surface area contributed by atoms with Gasteiger partial charge in [0.05, 0.1) is 5.56 Å². The van der Waals surface area contributed by atoms with Crippen LogP contribution in [0.1, 0.15) is 18.1 Å². The number of aliphatic carboxylic acids is 1. The summed E-state index contributed by atoms with van der Waals surface area (Å²) in [5.74, 6) is -3.00. The third-order valence-electron chi connectivity index (χ3n) is 2.73. The van der Waals surface area contributed by atoms with Gasteiger partial charge in [-0.15, -0.1) is 0 Å². The Kier molecular flexibility index (Phi) is 6.11. The van der Waals surface area contributed by atoms with E-state index in [0.29, 0.717) is 0 Å². The molecule has 0 bridgehead atoms. The van der Waals surface area contributed by atoms with Crippen molar-refractivity contribution in [2.45, 2.75) is 25.6 Å². The Labute approximate surface area is 129 Å². The Hall–Kier alpha value is -2.58. The molecule has 0 spiro atoms. The first-order chi connectivity index (χ1) is 10.6. The van der Waals surface area contributed by atoms with E-state index in [9.17, 15) is 27.6 Å². The molecular formula is C14H14F3NO5. The monoisotopic (exact) mass is 333 g/mol. The van der Waals surface area contributed by atoms with Crippen LogP contribution in [0.2, 0.25) is 0 Å². The molecular weight excluding hydrogens is 319 g/mol. The van der Waals surface area contributed by atoms with Crippen molar-refractivity contribution in [2.75, 3.05) is 6.61 Å². The van der Waals surface area contributed by atoms with E-state index in [2.05, 4.69) is 10.1 Å². The van der Waals surface area contributed by atoms with Crippen LogP contribution < -0.4 is 5.32 Å². The van der Waals surface area contributed by atoms with Gasteiger partial charge in [0.1, 0.15) is 6.04 Å². The van der Waals surface area contributed by atoms with Gasteiger partial charge in [-0.25, -0.2) is 4.79 Å². The maximum absolute atomic E-state index is 12.6. The number of hydrogen-bond acceptors (Lipinski definition) is 4. The van der Waals surface area contributed by atoms with E-state index in [-0.39, 0.29) is 12.0 Å². The van der Waals surface area contributed by atoms with Crippen molar-refractivity contribution in [3.05, 3.63) is 35.4 Å². The van der Waals surface area contributed by atoms with Gasteiger partial charge in [-0.1, -0.05) is 18.2 Å². The highest BCUT2D eigenvalue weighted by molar-refractivity contribution is 5.85. The summed E-state index contributed by atoms with van der Waals surface area (Å²) >= 11 is 0. The molecule has 1 aromatic rings. The van der Waals surface area contributed by atoms with Crippen molar-refractivity contribution in [3.63, 3.8) is 0 Å². The number of amides is 1. The first-order valence-electron chi connectivity index (χ1n) is 6.41. The lowest BCUT2D eigenvalue weighted by Crippen LogP contribution is -2.44. The van der Waals surface area contributed by atoms with Gasteiger partial charge in [-0.2, -0.15) is 13.2 Å². The SMILES string of the molecule is CC(=O)OCC(=O)N[C@@H](Cc1cccc(C(F)(F)F)c1)C(=O)O. The largest absolute Gasteiger partial charge is 0.480 e. The van der Waals surface area contributed by atoms with E-state index in [1.807, 2.05) is 0 Å². The highest BCUT2D eigenvalue weighted by atomic mass is 19.4. The number of alkyl halides is 3. The lowest BCUT2D eigenvalue weighted by Gasteiger charge is -2.15. The molecule has 0 saturated carbocycles. The van der Waals surface area contributed by atoms with Gasteiger partial charge in [0.15, 0.2) is 6.61 Å². The fourth-order valence-electron chi connectivity index (χ4n) is 1.71. The zero-order chi connectivity index (χ0) is 17.6. The number of nitrogens with one attached hydrogen (secondary N) is 1. The maximum atomic E-state index is 12.6. The fourth-order valence-corrected chi connectivity index (χ4v) is 1.71. The first kappa shape index (κ1) is 18.5. The number of benzene rings is 1. The predicted molar refractivity (Wildman–Crippen MR) is 71.3 cm³/mol. The number of ether oxygens (including phenoxy) is 1. The smallest absolute Gasteiger partial charge is 0.416 e. The lowest BCUT2D eigenvalue weighted by molar-refractivity contribution is -0.148.